The molecule has 2 saturated heterocycles. The van der Waals surface area contributed by atoms with Gasteiger partial charge in [-0.1, -0.05) is 0 Å². The first kappa shape index (κ1) is 17.5. The third-order valence-corrected chi connectivity index (χ3v) is 6.56. The number of amides is 3. The molecule has 9 nitrogen and oxygen atoms in total. The Kier molecular flexibility index (Phi) is 4.82. The molecule has 1 unspecified atom stereocenters. The Bertz CT molecular complexity index is 757. The molecular weight excluding hydrogens is 348 g/mol. The molecule has 0 bridgehead atoms. The fraction of sp³-hybridized carbons (Fsp3) is 0.467. The van der Waals surface area contributed by atoms with E-state index in [9.17, 15) is 18.0 Å². The van der Waals surface area contributed by atoms with Crippen molar-refractivity contribution >= 4 is 27.6 Å². The van der Waals surface area contributed by atoms with Crippen molar-refractivity contribution in [1.82, 2.24) is 14.9 Å². The maximum Gasteiger partial charge on any atom is 0.321 e. The minimum absolute atomic E-state index is 0.203. The number of methoxy groups -OCH3 is 1. The quantitative estimate of drug-likeness (QED) is 0.732. The van der Waals surface area contributed by atoms with E-state index in [1.54, 1.807) is 7.11 Å². The summed E-state index contributed by atoms with van der Waals surface area (Å²) in [5.41, 5.74) is 0.987. The zero-order chi connectivity index (χ0) is 18.0. The first-order valence-corrected chi connectivity index (χ1v) is 9.39. The lowest BCUT2D eigenvalue weighted by Crippen LogP contribution is -2.61. The van der Waals surface area contributed by atoms with Crippen molar-refractivity contribution in [2.24, 2.45) is 0 Å². The number of anilines is 1. The average molecular weight is 368 g/mol. The first-order chi connectivity index (χ1) is 11.9. The molecule has 2 heterocycles. The molecule has 10 heteroatoms. The highest BCUT2D eigenvalue weighted by Gasteiger charge is 2.41. The Hall–Kier alpha value is -2.33. The normalized spacial score (nSPS) is 22.3. The molecule has 1 aromatic carbocycles. The number of nitrogens with one attached hydrogen (secondary N) is 2. The van der Waals surface area contributed by atoms with Crippen molar-refractivity contribution in [2.75, 3.05) is 44.7 Å². The van der Waals surface area contributed by atoms with Gasteiger partial charge in [-0.05, 0) is 24.3 Å². The highest BCUT2D eigenvalue weighted by molar-refractivity contribution is 7.90. The fourth-order valence-corrected chi connectivity index (χ4v) is 4.58. The Morgan fingerprint density at radius 2 is 1.72 bits per heavy atom. The van der Waals surface area contributed by atoms with Crippen LogP contribution in [0.25, 0.3) is 0 Å². The van der Waals surface area contributed by atoms with Crippen LogP contribution in [0.1, 0.15) is 0 Å². The Morgan fingerprint density at radius 3 is 2.28 bits per heavy atom. The Balaban J connectivity index is 1.64. The molecule has 3 amide bonds. The molecule has 0 spiro atoms. The van der Waals surface area contributed by atoms with Gasteiger partial charge in [0.05, 0.1) is 7.11 Å². The second-order valence-corrected chi connectivity index (χ2v) is 7.93. The van der Waals surface area contributed by atoms with E-state index in [2.05, 4.69) is 10.2 Å². The summed E-state index contributed by atoms with van der Waals surface area (Å²) < 4.78 is 31.8. The Labute approximate surface area is 146 Å². The molecular formula is C15H20N4O5S. The first-order valence-electron chi connectivity index (χ1n) is 7.88. The van der Waals surface area contributed by atoms with Crippen LogP contribution in [0.5, 0.6) is 5.75 Å². The summed E-state index contributed by atoms with van der Waals surface area (Å²) in [5.74, 6) is -0.0170. The van der Waals surface area contributed by atoms with Crippen LogP contribution in [0.4, 0.5) is 10.5 Å². The number of carbonyl (C=O) groups excluding carboxylic acids is 2. The number of imide groups is 1. The molecule has 0 aromatic heterocycles. The van der Waals surface area contributed by atoms with Gasteiger partial charge in [-0.15, -0.1) is 0 Å². The number of nitrogens with zero attached hydrogens (tertiary/aromatic N) is 2. The van der Waals surface area contributed by atoms with Crippen molar-refractivity contribution in [1.29, 1.82) is 0 Å². The van der Waals surface area contributed by atoms with E-state index in [1.165, 1.54) is 4.31 Å². The number of hydrogen-bond acceptors (Lipinski definition) is 6. The zero-order valence-corrected chi connectivity index (χ0v) is 14.6. The largest absolute Gasteiger partial charge is 0.497 e. The summed E-state index contributed by atoms with van der Waals surface area (Å²) in [6, 6.07) is 6.89. The van der Waals surface area contributed by atoms with Gasteiger partial charge in [-0.25, -0.2) is 13.2 Å². The van der Waals surface area contributed by atoms with Crippen LogP contribution in [0.2, 0.25) is 0 Å². The molecule has 25 heavy (non-hydrogen) atoms. The van der Waals surface area contributed by atoms with Gasteiger partial charge >= 0.3 is 6.03 Å². The minimum Gasteiger partial charge on any atom is -0.497 e. The minimum atomic E-state index is -3.81. The molecule has 136 valence electrons. The second-order valence-electron chi connectivity index (χ2n) is 5.82. The maximum absolute atomic E-state index is 12.7. The van der Waals surface area contributed by atoms with Crippen LogP contribution in [0.3, 0.4) is 0 Å². The topological polar surface area (TPSA) is 108 Å². The highest BCUT2D eigenvalue weighted by atomic mass is 32.2. The van der Waals surface area contributed by atoms with Crippen LogP contribution in [-0.2, 0) is 14.8 Å². The van der Waals surface area contributed by atoms with Gasteiger partial charge in [0.25, 0.3) is 0 Å². The van der Waals surface area contributed by atoms with Gasteiger partial charge < -0.3 is 15.0 Å². The van der Waals surface area contributed by atoms with Gasteiger partial charge in [0.2, 0.25) is 15.9 Å². The predicted octanol–water partition coefficient (Wildman–Crippen LogP) is -0.645. The van der Waals surface area contributed by atoms with E-state index in [0.29, 0.717) is 13.1 Å². The van der Waals surface area contributed by atoms with Crippen molar-refractivity contribution in [3.8, 4) is 5.75 Å². The number of rotatable bonds is 4. The number of hydrogen-bond donors (Lipinski definition) is 2. The molecule has 2 fully saturated rings. The van der Waals surface area contributed by atoms with Crippen LogP contribution in [0, 0.1) is 0 Å². The van der Waals surface area contributed by atoms with Gasteiger partial charge in [-0.3, -0.25) is 10.1 Å². The molecule has 0 aliphatic carbocycles. The number of sulfonamides is 1. The smallest absolute Gasteiger partial charge is 0.321 e. The third kappa shape index (κ3) is 3.54. The Morgan fingerprint density at radius 1 is 1.08 bits per heavy atom. The van der Waals surface area contributed by atoms with Gasteiger partial charge in [0.15, 0.2) is 5.25 Å². The third-order valence-electron chi connectivity index (χ3n) is 4.37. The standard InChI is InChI=1S/C15H20N4O5S/c1-24-12-4-2-11(3-5-12)18-6-8-19(9-7-18)25(22,23)13-10-16-15(21)17-14(13)20/h2-5,13H,6-10H2,1H3,(H2,16,17,20,21). The van der Waals surface area contributed by atoms with Crippen molar-refractivity contribution in [3.63, 3.8) is 0 Å². The summed E-state index contributed by atoms with van der Waals surface area (Å²) in [4.78, 5) is 25.0. The molecule has 0 saturated carbocycles. The summed E-state index contributed by atoms with van der Waals surface area (Å²) in [6.45, 7) is 1.41. The van der Waals surface area contributed by atoms with E-state index in [4.69, 9.17) is 4.74 Å². The molecule has 0 radical (unpaired) electrons. The van der Waals surface area contributed by atoms with Crippen LogP contribution in [0.15, 0.2) is 24.3 Å². The lowest BCUT2D eigenvalue weighted by molar-refractivity contribution is -0.120. The highest BCUT2D eigenvalue weighted by Crippen LogP contribution is 2.22. The number of ether oxygens (including phenoxy) is 1. The average Bonchev–Trinajstić information content (AvgIpc) is 2.61. The summed E-state index contributed by atoms with van der Waals surface area (Å²) in [7, 11) is -2.21. The van der Waals surface area contributed by atoms with E-state index in [-0.39, 0.29) is 19.6 Å². The maximum atomic E-state index is 12.7. The van der Waals surface area contributed by atoms with Crippen LogP contribution >= 0.6 is 0 Å². The summed E-state index contributed by atoms with van der Waals surface area (Å²) in [5, 5.41) is 3.08. The monoisotopic (exact) mass is 368 g/mol. The van der Waals surface area contributed by atoms with E-state index >= 15 is 0 Å². The van der Waals surface area contributed by atoms with Crippen molar-refractivity contribution in [2.45, 2.75) is 5.25 Å². The molecule has 1 atom stereocenters. The fourth-order valence-electron chi connectivity index (χ4n) is 2.93. The molecule has 1 aromatic rings. The summed E-state index contributed by atoms with van der Waals surface area (Å²) in [6.07, 6.45) is 0. The summed E-state index contributed by atoms with van der Waals surface area (Å²) >= 11 is 0. The van der Waals surface area contributed by atoms with Crippen LogP contribution in [-0.4, -0.2) is 69.7 Å². The number of piperazine rings is 1. The van der Waals surface area contributed by atoms with Crippen molar-refractivity contribution in [3.05, 3.63) is 24.3 Å². The van der Waals surface area contributed by atoms with E-state index in [0.717, 1.165) is 11.4 Å². The number of urea groups is 1. The van der Waals surface area contributed by atoms with E-state index < -0.39 is 27.2 Å². The number of benzene rings is 1. The van der Waals surface area contributed by atoms with Gasteiger partial charge in [0, 0.05) is 38.4 Å². The lowest BCUT2D eigenvalue weighted by Gasteiger charge is -2.37. The molecule has 2 N–H and O–H groups in total. The number of carbonyl (C=O) groups is 2. The molecule has 2 aliphatic rings. The SMILES string of the molecule is COc1ccc(N2CCN(S(=O)(=O)C3CNC(=O)NC3=O)CC2)cc1. The van der Waals surface area contributed by atoms with Gasteiger partial charge in [0.1, 0.15) is 5.75 Å². The van der Waals surface area contributed by atoms with Crippen molar-refractivity contribution < 1.29 is 22.7 Å². The predicted molar refractivity (Wildman–Crippen MR) is 91.0 cm³/mol. The lowest BCUT2D eigenvalue weighted by atomic mass is 10.2. The molecule has 2 aliphatic heterocycles. The molecule has 3 rings (SSSR count). The zero-order valence-electron chi connectivity index (χ0n) is 13.8. The van der Waals surface area contributed by atoms with Gasteiger partial charge in [-0.2, -0.15) is 4.31 Å². The second kappa shape index (κ2) is 6.89. The van der Waals surface area contributed by atoms with Crippen LogP contribution < -0.4 is 20.3 Å². The van der Waals surface area contributed by atoms with E-state index in [1.807, 2.05) is 29.6 Å².